The number of piperidine rings is 1. The second-order valence-electron chi connectivity index (χ2n) is 11.6. The summed E-state index contributed by atoms with van der Waals surface area (Å²) in [6.07, 6.45) is 4.68. The molecule has 10 heteroatoms. The first-order valence-corrected chi connectivity index (χ1v) is 15.0. The fraction of sp³-hybridized carbons (Fsp3) is 0.516. The van der Waals surface area contributed by atoms with E-state index in [1.165, 1.54) is 0 Å². The van der Waals surface area contributed by atoms with Crippen LogP contribution in [-0.2, 0) is 0 Å². The minimum atomic E-state index is -0.0814. The molecule has 0 bridgehead atoms. The van der Waals surface area contributed by atoms with Gasteiger partial charge in [0.05, 0.1) is 5.69 Å². The van der Waals surface area contributed by atoms with Crippen LogP contribution in [0.3, 0.4) is 0 Å². The van der Waals surface area contributed by atoms with Crippen LogP contribution in [0.2, 0.25) is 0 Å². The number of urea groups is 1. The number of aromatic nitrogens is 2. The zero-order valence-corrected chi connectivity index (χ0v) is 24.8. The molecule has 2 aliphatic rings. The number of H-pyrrole nitrogens is 1. The van der Waals surface area contributed by atoms with E-state index in [9.17, 15) is 9.59 Å². The minimum absolute atomic E-state index is 0.0183. The Morgan fingerprint density at radius 1 is 1.05 bits per heavy atom. The third-order valence-corrected chi connectivity index (χ3v) is 8.05. The van der Waals surface area contributed by atoms with Crippen LogP contribution < -0.4 is 15.5 Å². The number of pyridine rings is 1. The third kappa shape index (κ3) is 6.75. The maximum Gasteiger partial charge on any atom is 0.321 e. The number of carbonyl (C=O) groups is 2. The number of fused-ring (bicyclic) bond motifs is 1. The van der Waals surface area contributed by atoms with Gasteiger partial charge in [0, 0.05) is 80.7 Å². The van der Waals surface area contributed by atoms with Gasteiger partial charge in [-0.25, -0.2) is 9.78 Å². The molecule has 2 aromatic heterocycles. The van der Waals surface area contributed by atoms with Crippen LogP contribution in [0.5, 0.6) is 0 Å². The molecule has 4 heterocycles. The summed E-state index contributed by atoms with van der Waals surface area (Å²) in [5, 5.41) is 7.47. The first-order valence-electron chi connectivity index (χ1n) is 15.0. The Bertz CT molecular complexity index is 1340. The van der Waals surface area contributed by atoms with Crippen molar-refractivity contribution in [3.05, 3.63) is 48.3 Å². The van der Waals surface area contributed by atoms with Gasteiger partial charge in [-0.2, -0.15) is 0 Å². The molecule has 3 N–H and O–H groups in total. The normalized spacial score (nSPS) is 16.8. The van der Waals surface area contributed by atoms with Gasteiger partial charge in [0.25, 0.3) is 5.91 Å². The Labute approximate surface area is 243 Å². The first kappa shape index (κ1) is 28.7. The predicted octanol–water partition coefficient (Wildman–Crippen LogP) is 4.68. The average molecular weight is 561 g/mol. The van der Waals surface area contributed by atoms with Gasteiger partial charge in [0.1, 0.15) is 5.69 Å². The molecule has 2 saturated heterocycles. The quantitative estimate of drug-likeness (QED) is 0.370. The Morgan fingerprint density at radius 2 is 1.80 bits per heavy atom. The number of benzene rings is 1. The highest BCUT2D eigenvalue weighted by molar-refractivity contribution is 5.99. The van der Waals surface area contributed by atoms with E-state index in [0.717, 1.165) is 80.1 Å². The van der Waals surface area contributed by atoms with Gasteiger partial charge in [-0.1, -0.05) is 6.92 Å². The van der Waals surface area contributed by atoms with E-state index >= 15 is 0 Å². The van der Waals surface area contributed by atoms with Crippen molar-refractivity contribution in [2.24, 2.45) is 0 Å². The lowest BCUT2D eigenvalue weighted by atomic mass is 10.0. The molecule has 5 rings (SSSR count). The minimum Gasteiger partial charge on any atom is -0.380 e. The largest absolute Gasteiger partial charge is 0.380 e. The zero-order chi connectivity index (χ0) is 28.9. The highest BCUT2D eigenvalue weighted by Crippen LogP contribution is 2.30. The van der Waals surface area contributed by atoms with Crippen molar-refractivity contribution in [3.8, 4) is 0 Å². The SMILES string of the molecule is CCCN(c1ncccc1NC(C)C)C1CCN(C(=O)c2cc3cc(NC(=O)N4CCN(C)CC4)ccc3[nH]2)CC1. The maximum absolute atomic E-state index is 13.5. The van der Waals surface area contributed by atoms with Crippen molar-refractivity contribution in [3.63, 3.8) is 0 Å². The Kier molecular flexibility index (Phi) is 8.97. The summed E-state index contributed by atoms with van der Waals surface area (Å²) in [4.78, 5) is 42.7. The van der Waals surface area contributed by atoms with Crippen LogP contribution in [0.15, 0.2) is 42.6 Å². The van der Waals surface area contributed by atoms with Crippen LogP contribution in [0.4, 0.5) is 22.0 Å². The van der Waals surface area contributed by atoms with E-state index in [1.54, 1.807) is 0 Å². The lowest BCUT2D eigenvalue weighted by Gasteiger charge is -2.39. The van der Waals surface area contributed by atoms with E-state index in [1.807, 2.05) is 46.3 Å². The summed E-state index contributed by atoms with van der Waals surface area (Å²) in [6.45, 7) is 12.0. The van der Waals surface area contributed by atoms with Crippen molar-refractivity contribution in [2.45, 2.75) is 52.1 Å². The van der Waals surface area contributed by atoms with E-state index < -0.39 is 0 Å². The molecule has 2 aliphatic heterocycles. The molecule has 10 nitrogen and oxygen atoms in total. The van der Waals surface area contributed by atoms with Gasteiger partial charge >= 0.3 is 6.03 Å². The number of hydrogen-bond acceptors (Lipinski definition) is 6. The molecule has 0 unspecified atom stereocenters. The standard InChI is InChI=1S/C31H44N8O2/c1-5-13-39(29-27(33-22(2)3)7-6-12-32-29)25-10-14-37(15-11-25)30(40)28-21-23-20-24(8-9-26(23)35-28)34-31(41)38-18-16-36(4)17-19-38/h6-9,12,20-22,25,33,35H,5,10-11,13-19H2,1-4H3,(H,34,41). The number of rotatable bonds is 8. The third-order valence-electron chi connectivity index (χ3n) is 8.05. The summed E-state index contributed by atoms with van der Waals surface area (Å²) in [5.74, 6) is 1.02. The molecule has 0 aliphatic carbocycles. The van der Waals surface area contributed by atoms with Crippen molar-refractivity contribution in [2.75, 3.05) is 68.4 Å². The number of aromatic amines is 1. The van der Waals surface area contributed by atoms with Crippen LogP contribution in [0.1, 0.15) is 50.5 Å². The summed E-state index contributed by atoms with van der Waals surface area (Å²) >= 11 is 0. The Hall–Kier alpha value is -3.79. The van der Waals surface area contributed by atoms with E-state index in [2.05, 4.69) is 59.3 Å². The van der Waals surface area contributed by atoms with Crippen molar-refractivity contribution >= 4 is 40.0 Å². The molecular weight excluding hydrogens is 516 g/mol. The van der Waals surface area contributed by atoms with E-state index in [-0.39, 0.29) is 11.9 Å². The summed E-state index contributed by atoms with van der Waals surface area (Å²) in [7, 11) is 2.07. The molecule has 0 saturated carbocycles. The van der Waals surface area contributed by atoms with Crippen molar-refractivity contribution < 1.29 is 9.59 Å². The zero-order valence-electron chi connectivity index (χ0n) is 24.8. The topological polar surface area (TPSA) is 99.8 Å². The van der Waals surface area contributed by atoms with Gasteiger partial charge in [0.2, 0.25) is 0 Å². The molecule has 41 heavy (non-hydrogen) atoms. The molecule has 3 aromatic rings. The van der Waals surface area contributed by atoms with Crippen LogP contribution in [-0.4, -0.2) is 102 Å². The average Bonchev–Trinajstić information content (AvgIpc) is 3.40. The number of amides is 3. The Morgan fingerprint density at radius 3 is 2.51 bits per heavy atom. The summed E-state index contributed by atoms with van der Waals surface area (Å²) < 4.78 is 0. The highest BCUT2D eigenvalue weighted by atomic mass is 16.2. The van der Waals surface area contributed by atoms with E-state index in [0.29, 0.717) is 30.9 Å². The molecule has 0 atom stereocenters. The van der Waals surface area contributed by atoms with Gasteiger partial charge in [-0.05, 0) is 76.6 Å². The van der Waals surface area contributed by atoms with Crippen molar-refractivity contribution in [1.29, 1.82) is 0 Å². The van der Waals surface area contributed by atoms with Gasteiger partial charge in [0.15, 0.2) is 5.82 Å². The second-order valence-corrected chi connectivity index (χ2v) is 11.6. The van der Waals surface area contributed by atoms with Gasteiger partial charge in [-0.3, -0.25) is 4.79 Å². The fourth-order valence-electron chi connectivity index (χ4n) is 5.84. The highest BCUT2D eigenvalue weighted by Gasteiger charge is 2.29. The summed E-state index contributed by atoms with van der Waals surface area (Å²) in [6, 6.07) is 12.3. The molecular formula is C31H44N8O2. The Balaban J connectivity index is 1.22. The molecule has 3 amide bonds. The number of likely N-dealkylation sites (N-methyl/N-ethyl adjacent to an activating group) is 1. The summed E-state index contributed by atoms with van der Waals surface area (Å²) in [5.41, 5.74) is 3.26. The number of nitrogens with one attached hydrogen (secondary N) is 3. The molecule has 1 aromatic carbocycles. The van der Waals surface area contributed by atoms with Crippen LogP contribution in [0.25, 0.3) is 10.9 Å². The van der Waals surface area contributed by atoms with Crippen LogP contribution in [0, 0.1) is 0 Å². The predicted molar refractivity (Wildman–Crippen MR) is 166 cm³/mol. The smallest absolute Gasteiger partial charge is 0.321 e. The number of piperazine rings is 1. The number of likely N-dealkylation sites (tertiary alicyclic amines) is 1. The first-order chi connectivity index (χ1) is 19.8. The lowest BCUT2D eigenvalue weighted by molar-refractivity contribution is 0.0707. The van der Waals surface area contributed by atoms with Crippen LogP contribution >= 0.6 is 0 Å². The van der Waals surface area contributed by atoms with Gasteiger partial charge < -0.3 is 35.2 Å². The molecule has 220 valence electrons. The number of hydrogen-bond donors (Lipinski definition) is 3. The lowest BCUT2D eigenvalue weighted by Crippen LogP contribution is -2.48. The number of anilines is 3. The number of nitrogens with zero attached hydrogens (tertiary/aromatic N) is 5. The maximum atomic E-state index is 13.5. The molecule has 2 fully saturated rings. The number of carbonyl (C=O) groups excluding carboxylic acids is 2. The molecule has 0 radical (unpaired) electrons. The second kappa shape index (κ2) is 12.8. The molecule has 0 spiro atoms. The van der Waals surface area contributed by atoms with Gasteiger partial charge in [-0.15, -0.1) is 0 Å². The monoisotopic (exact) mass is 560 g/mol. The van der Waals surface area contributed by atoms with E-state index in [4.69, 9.17) is 4.98 Å². The fourth-order valence-corrected chi connectivity index (χ4v) is 5.84. The van der Waals surface area contributed by atoms with Crippen molar-refractivity contribution in [1.82, 2.24) is 24.7 Å².